The van der Waals surface area contributed by atoms with Gasteiger partial charge in [0.15, 0.2) is 5.96 Å². The summed E-state index contributed by atoms with van der Waals surface area (Å²) < 4.78 is 0. The molecule has 0 bridgehead atoms. The van der Waals surface area contributed by atoms with Crippen LogP contribution in [0.5, 0.6) is 0 Å². The summed E-state index contributed by atoms with van der Waals surface area (Å²) in [7, 11) is 1.94. The highest BCUT2D eigenvalue weighted by Gasteiger charge is 2.08. The fourth-order valence-corrected chi connectivity index (χ4v) is 1.66. The van der Waals surface area contributed by atoms with Crippen molar-refractivity contribution in [3.63, 3.8) is 0 Å². The van der Waals surface area contributed by atoms with Gasteiger partial charge in [0.2, 0.25) is 0 Å². The molecule has 0 saturated carbocycles. The summed E-state index contributed by atoms with van der Waals surface area (Å²) in [6, 6.07) is 6.52. The maximum Gasteiger partial charge on any atom is 0.195 e. The zero-order valence-electron chi connectivity index (χ0n) is 10.8. The number of nitrogens with two attached hydrogens (primary N) is 1. The average Bonchev–Trinajstić information content (AvgIpc) is 2.15. The average molecular weight is 219 g/mol. The smallest absolute Gasteiger partial charge is 0.195 e. The molecule has 3 nitrogen and oxygen atoms in total. The molecule has 0 amide bonds. The molecule has 0 radical (unpaired) electrons. The van der Waals surface area contributed by atoms with E-state index in [9.17, 15) is 0 Å². The molecule has 0 aliphatic carbocycles. The van der Waals surface area contributed by atoms with Gasteiger partial charge in [-0.1, -0.05) is 17.7 Å². The molecule has 3 heteroatoms. The molecule has 0 saturated heterocycles. The monoisotopic (exact) mass is 219 g/mol. The first-order chi connectivity index (χ1) is 7.41. The van der Waals surface area contributed by atoms with E-state index in [1.165, 1.54) is 11.1 Å². The number of hydrogen-bond acceptors (Lipinski definition) is 1. The van der Waals surface area contributed by atoms with Crippen molar-refractivity contribution in [3.8, 4) is 0 Å². The lowest BCUT2D eigenvalue weighted by Gasteiger charge is -2.21. The van der Waals surface area contributed by atoms with Crippen LogP contribution in [0.1, 0.15) is 25.0 Å². The largest absolute Gasteiger partial charge is 0.370 e. The SMILES string of the molecule is Cc1ccc(N(C)C(N)=NC(C)C)c(C)c1. The van der Waals surface area contributed by atoms with E-state index in [0.717, 1.165) is 5.69 Å². The molecule has 0 spiro atoms. The maximum atomic E-state index is 5.93. The Balaban J connectivity index is 3.00. The number of nitrogens with zero attached hydrogens (tertiary/aromatic N) is 2. The summed E-state index contributed by atoms with van der Waals surface area (Å²) in [6.07, 6.45) is 0. The van der Waals surface area contributed by atoms with Crippen LogP contribution < -0.4 is 10.6 Å². The second kappa shape index (κ2) is 5.01. The number of guanidine groups is 1. The van der Waals surface area contributed by atoms with Gasteiger partial charge in [0, 0.05) is 18.8 Å². The quantitative estimate of drug-likeness (QED) is 0.613. The van der Waals surface area contributed by atoms with E-state index in [4.69, 9.17) is 5.73 Å². The highest BCUT2D eigenvalue weighted by atomic mass is 15.2. The molecule has 0 aliphatic rings. The normalized spacial score (nSPS) is 12.0. The van der Waals surface area contributed by atoms with Gasteiger partial charge in [0.05, 0.1) is 0 Å². The number of benzene rings is 1. The third-order valence-corrected chi connectivity index (χ3v) is 2.45. The highest BCUT2D eigenvalue weighted by molar-refractivity contribution is 5.95. The fourth-order valence-electron chi connectivity index (χ4n) is 1.66. The third-order valence-electron chi connectivity index (χ3n) is 2.45. The van der Waals surface area contributed by atoms with Crippen molar-refractivity contribution < 1.29 is 0 Å². The molecule has 0 heterocycles. The Morgan fingerprint density at radius 2 is 1.94 bits per heavy atom. The summed E-state index contributed by atoms with van der Waals surface area (Å²) >= 11 is 0. The van der Waals surface area contributed by atoms with Gasteiger partial charge >= 0.3 is 0 Å². The minimum atomic E-state index is 0.216. The molecule has 0 aromatic heterocycles. The van der Waals surface area contributed by atoms with Crippen LogP contribution in [0.25, 0.3) is 0 Å². The Labute approximate surface area is 98.0 Å². The third kappa shape index (κ3) is 2.99. The first kappa shape index (κ1) is 12.6. The predicted octanol–water partition coefficient (Wildman–Crippen LogP) is 2.46. The summed E-state index contributed by atoms with van der Waals surface area (Å²) in [5.74, 6) is 0.557. The molecular weight excluding hydrogens is 198 g/mol. The summed E-state index contributed by atoms with van der Waals surface area (Å²) in [5, 5.41) is 0. The number of rotatable bonds is 2. The lowest BCUT2D eigenvalue weighted by atomic mass is 10.1. The lowest BCUT2D eigenvalue weighted by molar-refractivity contribution is 0.828. The van der Waals surface area contributed by atoms with Crippen molar-refractivity contribution in [2.75, 3.05) is 11.9 Å². The second-order valence-corrected chi connectivity index (χ2v) is 4.43. The van der Waals surface area contributed by atoms with Crippen molar-refractivity contribution in [1.82, 2.24) is 0 Å². The minimum Gasteiger partial charge on any atom is -0.370 e. The Hall–Kier alpha value is -1.51. The van der Waals surface area contributed by atoms with Crippen LogP contribution in [0, 0.1) is 13.8 Å². The van der Waals surface area contributed by atoms with Crippen LogP contribution in [0.4, 0.5) is 5.69 Å². The first-order valence-corrected chi connectivity index (χ1v) is 5.56. The van der Waals surface area contributed by atoms with Crippen molar-refractivity contribution in [2.24, 2.45) is 10.7 Å². The van der Waals surface area contributed by atoms with Gasteiger partial charge in [-0.15, -0.1) is 0 Å². The van der Waals surface area contributed by atoms with Crippen molar-refractivity contribution in [1.29, 1.82) is 0 Å². The zero-order valence-corrected chi connectivity index (χ0v) is 10.8. The van der Waals surface area contributed by atoms with Gasteiger partial charge in [0.1, 0.15) is 0 Å². The fraction of sp³-hybridized carbons (Fsp3) is 0.462. The standard InChI is InChI=1S/C13H21N3/c1-9(2)15-13(14)16(5)12-7-6-10(3)8-11(12)4/h6-9H,1-5H3,(H2,14,15). The lowest BCUT2D eigenvalue weighted by Crippen LogP contribution is -2.35. The van der Waals surface area contributed by atoms with Crippen LogP contribution in [0.15, 0.2) is 23.2 Å². The zero-order chi connectivity index (χ0) is 12.3. The number of aliphatic imine (C=N–C) groups is 1. The number of anilines is 1. The van der Waals surface area contributed by atoms with Gasteiger partial charge in [0.25, 0.3) is 0 Å². The van der Waals surface area contributed by atoms with Gasteiger partial charge in [-0.3, -0.25) is 4.99 Å². The van der Waals surface area contributed by atoms with Gasteiger partial charge in [-0.2, -0.15) is 0 Å². The van der Waals surface area contributed by atoms with E-state index in [-0.39, 0.29) is 6.04 Å². The Morgan fingerprint density at radius 3 is 2.44 bits per heavy atom. The maximum absolute atomic E-state index is 5.93. The predicted molar refractivity (Wildman–Crippen MR) is 71.1 cm³/mol. The minimum absolute atomic E-state index is 0.216. The molecule has 0 atom stereocenters. The molecule has 1 rings (SSSR count). The molecule has 1 aromatic carbocycles. The summed E-state index contributed by atoms with van der Waals surface area (Å²) in [6.45, 7) is 8.20. The molecule has 2 N–H and O–H groups in total. The molecular formula is C13H21N3. The molecule has 0 fully saturated rings. The summed E-state index contributed by atoms with van der Waals surface area (Å²) in [4.78, 5) is 6.26. The first-order valence-electron chi connectivity index (χ1n) is 5.56. The van der Waals surface area contributed by atoms with Crippen LogP contribution >= 0.6 is 0 Å². The molecule has 0 aliphatic heterocycles. The highest BCUT2D eigenvalue weighted by Crippen LogP contribution is 2.19. The van der Waals surface area contributed by atoms with Crippen molar-refractivity contribution in [3.05, 3.63) is 29.3 Å². The van der Waals surface area contributed by atoms with E-state index in [0.29, 0.717) is 5.96 Å². The molecule has 88 valence electrons. The number of hydrogen-bond donors (Lipinski definition) is 1. The van der Waals surface area contributed by atoms with Gasteiger partial charge in [-0.25, -0.2) is 0 Å². The van der Waals surface area contributed by atoms with E-state index in [1.807, 2.05) is 25.8 Å². The van der Waals surface area contributed by atoms with Crippen LogP contribution in [-0.2, 0) is 0 Å². The second-order valence-electron chi connectivity index (χ2n) is 4.43. The van der Waals surface area contributed by atoms with Gasteiger partial charge in [-0.05, 0) is 39.3 Å². The van der Waals surface area contributed by atoms with Crippen LogP contribution in [-0.4, -0.2) is 19.0 Å². The molecule has 0 unspecified atom stereocenters. The van der Waals surface area contributed by atoms with Crippen LogP contribution in [0.2, 0.25) is 0 Å². The molecule has 16 heavy (non-hydrogen) atoms. The van der Waals surface area contributed by atoms with E-state index >= 15 is 0 Å². The summed E-state index contributed by atoms with van der Waals surface area (Å²) in [5.41, 5.74) is 9.51. The van der Waals surface area contributed by atoms with E-state index in [2.05, 4.69) is 37.0 Å². The topological polar surface area (TPSA) is 41.6 Å². The Bertz CT molecular complexity index is 394. The van der Waals surface area contributed by atoms with E-state index < -0.39 is 0 Å². The van der Waals surface area contributed by atoms with Crippen molar-refractivity contribution in [2.45, 2.75) is 33.7 Å². The van der Waals surface area contributed by atoms with Crippen LogP contribution in [0.3, 0.4) is 0 Å². The van der Waals surface area contributed by atoms with E-state index in [1.54, 1.807) is 0 Å². The Morgan fingerprint density at radius 1 is 1.31 bits per heavy atom. The number of aryl methyl sites for hydroxylation is 2. The molecule has 1 aromatic rings. The Kier molecular flexibility index (Phi) is 3.93. The van der Waals surface area contributed by atoms with Gasteiger partial charge < -0.3 is 10.6 Å². The van der Waals surface area contributed by atoms with Crippen molar-refractivity contribution >= 4 is 11.6 Å².